The van der Waals surface area contributed by atoms with Crippen molar-refractivity contribution in [1.29, 1.82) is 0 Å². The molecule has 1 heterocycles. The van der Waals surface area contributed by atoms with E-state index in [2.05, 4.69) is 12.2 Å². The number of aromatic carboxylic acids is 1. The van der Waals surface area contributed by atoms with Crippen LogP contribution in [-0.2, 0) is 6.54 Å². The van der Waals surface area contributed by atoms with Gasteiger partial charge in [0.1, 0.15) is 5.76 Å². The molecule has 2 N–H and O–H groups in total. The minimum Gasteiger partial charge on any atom is -0.475 e. The van der Waals surface area contributed by atoms with Gasteiger partial charge in [-0.25, -0.2) is 4.79 Å². The fraction of sp³-hybridized carbons (Fsp3) is 0.643. The van der Waals surface area contributed by atoms with E-state index in [1.54, 1.807) is 6.07 Å². The molecule has 1 saturated carbocycles. The van der Waals surface area contributed by atoms with Crippen LogP contribution in [-0.4, -0.2) is 17.1 Å². The zero-order valence-corrected chi connectivity index (χ0v) is 11.0. The topological polar surface area (TPSA) is 62.5 Å². The van der Waals surface area contributed by atoms with Crippen molar-refractivity contribution in [3.05, 3.63) is 23.2 Å². The Balaban J connectivity index is 1.91. The van der Waals surface area contributed by atoms with Crippen LogP contribution in [0.3, 0.4) is 0 Å². The number of rotatable bonds is 5. The normalized spacial score (nSPS) is 18.1. The highest BCUT2D eigenvalue weighted by molar-refractivity contribution is 5.84. The first-order chi connectivity index (χ1) is 8.58. The Bertz CT molecular complexity index is 419. The highest BCUT2D eigenvalue weighted by Gasteiger charge is 2.21. The zero-order valence-electron chi connectivity index (χ0n) is 11.0. The standard InChI is InChI=1S/C14H21NO3/c1-9(11-5-3-4-6-11)15-8-12-7-13(14(16)17)18-10(12)2/h7,9,11,15H,3-6,8H2,1-2H3,(H,16,17)/t9-/m1/s1. The summed E-state index contributed by atoms with van der Waals surface area (Å²) in [6, 6.07) is 2.10. The third-order valence-corrected chi connectivity index (χ3v) is 3.95. The van der Waals surface area contributed by atoms with Gasteiger partial charge in [0.2, 0.25) is 5.76 Å². The van der Waals surface area contributed by atoms with Crippen LogP contribution in [0.4, 0.5) is 0 Å². The van der Waals surface area contributed by atoms with Crippen LogP contribution in [0.25, 0.3) is 0 Å². The van der Waals surface area contributed by atoms with Gasteiger partial charge in [0.25, 0.3) is 0 Å². The minimum absolute atomic E-state index is 0.0258. The number of aryl methyl sites for hydroxylation is 1. The molecule has 100 valence electrons. The Morgan fingerprint density at radius 3 is 2.78 bits per heavy atom. The smallest absolute Gasteiger partial charge is 0.371 e. The molecule has 0 aromatic carbocycles. The molecular weight excluding hydrogens is 230 g/mol. The molecule has 1 aromatic heterocycles. The maximum atomic E-state index is 10.8. The molecule has 0 unspecified atom stereocenters. The fourth-order valence-electron chi connectivity index (χ4n) is 2.70. The molecule has 0 radical (unpaired) electrons. The predicted molar refractivity (Wildman–Crippen MR) is 68.7 cm³/mol. The summed E-state index contributed by atoms with van der Waals surface area (Å²) in [7, 11) is 0. The number of furan rings is 1. The maximum Gasteiger partial charge on any atom is 0.371 e. The molecule has 1 aromatic rings. The van der Waals surface area contributed by atoms with Gasteiger partial charge >= 0.3 is 5.97 Å². The van der Waals surface area contributed by atoms with Crippen LogP contribution < -0.4 is 5.32 Å². The second-order valence-corrected chi connectivity index (χ2v) is 5.21. The molecule has 0 spiro atoms. The van der Waals surface area contributed by atoms with Gasteiger partial charge in [-0.3, -0.25) is 0 Å². The third kappa shape index (κ3) is 2.93. The summed E-state index contributed by atoms with van der Waals surface area (Å²) in [5, 5.41) is 12.3. The maximum absolute atomic E-state index is 10.8. The summed E-state index contributed by atoms with van der Waals surface area (Å²) < 4.78 is 5.19. The van der Waals surface area contributed by atoms with Gasteiger partial charge in [0.05, 0.1) is 0 Å². The highest BCUT2D eigenvalue weighted by Crippen LogP contribution is 2.27. The molecule has 0 amide bonds. The number of hydrogen-bond donors (Lipinski definition) is 2. The zero-order chi connectivity index (χ0) is 13.1. The molecule has 1 aliphatic carbocycles. The third-order valence-electron chi connectivity index (χ3n) is 3.95. The molecule has 2 rings (SSSR count). The number of carboxylic acids is 1. The van der Waals surface area contributed by atoms with E-state index in [0.717, 1.165) is 11.5 Å². The predicted octanol–water partition coefficient (Wildman–Crippen LogP) is 2.95. The largest absolute Gasteiger partial charge is 0.475 e. The lowest BCUT2D eigenvalue weighted by Crippen LogP contribution is -2.31. The summed E-state index contributed by atoms with van der Waals surface area (Å²) in [6.45, 7) is 4.70. The summed E-state index contributed by atoms with van der Waals surface area (Å²) in [6.07, 6.45) is 5.28. The lowest BCUT2D eigenvalue weighted by Gasteiger charge is -2.20. The van der Waals surface area contributed by atoms with Gasteiger partial charge < -0.3 is 14.8 Å². The molecule has 4 heteroatoms. The van der Waals surface area contributed by atoms with E-state index in [1.165, 1.54) is 25.7 Å². The van der Waals surface area contributed by atoms with Gasteiger partial charge in [-0.05, 0) is 38.7 Å². The summed E-state index contributed by atoms with van der Waals surface area (Å²) in [5.74, 6) is 0.473. The van der Waals surface area contributed by atoms with Crippen molar-refractivity contribution in [2.75, 3.05) is 0 Å². The van der Waals surface area contributed by atoms with Gasteiger partial charge in [0, 0.05) is 18.2 Å². The molecule has 1 fully saturated rings. The average molecular weight is 251 g/mol. The number of carboxylic acid groups (broad SMARTS) is 1. The van der Waals surface area contributed by atoms with E-state index >= 15 is 0 Å². The Hall–Kier alpha value is -1.29. The van der Waals surface area contributed by atoms with Crippen molar-refractivity contribution >= 4 is 5.97 Å². The molecule has 1 aliphatic rings. The average Bonchev–Trinajstić information content (AvgIpc) is 2.95. The van der Waals surface area contributed by atoms with E-state index in [1.807, 2.05) is 6.92 Å². The summed E-state index contributed by atoms with van der Waals surface area (Å²) in [4.78, 5) is 10.8. The van der Waals surface area contributed by atoms with Crippen molar-refractivity contribution in [1.82, 2.24) is 5.32 Å². The Kier molecular flexibility index (Phi) is 4.07. The summed E-state index contributed by atoms with van der Waals surface area (Å²) in [5.41, 5.74) is 0.942. The van der Waals surface area contributed by atoms with Crippen LogP contribution in [0.1, 0.15) is 54.5 Å². The number of carbonyl (C=O) groups is 1. The van der Waals surface area contributed by atoms with Crippen LogP contribution in [0, 0.1) is 12.8 Å². The van der Waals surface area contributed by atoms with Crippen molar-refractivity contribution in [2.24, 2.45) is 5.92 Å². The van der Waals surface area contributed by atoms with Crippen LogP contribution >= 0.6 is 0 Å². The van der Waals surface area contributed by atoms with Gasteiger partial charge in [-0.2, -0.15) is 0 Å². The van der Waals surface area contributed by atoms with E-state index in [9.17, 15) is 4.79 Å². The van der Waals surface area contributed by atoms with Crippen LogP contribution in [0.2, 0.25) is 0 Å². The van der Waals surface area contributed by atoms with E-state index in [4.69, 9.17) is 9.52 Å². The molecule has 0 aliphatic heterocycles. The Labute approximate surface area is 107 Å². The minimum atomic E-state index is -1.01. The molecule has 18 heavy (non-hydrogen) atoms. The highest BCUT2D eigenvalue weighted by atomic mass is 16.4. The Morgan fingerprint density at radius 2 is 2.22 bits per heavy atom. The second kappa shape index (κ2) is 5.57. The fourth-order valence-corrected chi connectivity index (χ4v) is 2.70. The van der Waals surface area contributed by atoms with Crippen molar-refractivity contribution < 1.29 is 14.3 Å². The monoisotopic (exact) mass is 251 g/mol. The van der Waals surface area contributed by atoms with Crippen molar-refractivity contribution in [2.45, 2.75) is 52.1 Å². The second-order valence-electron chi connectivity index (χ2n) is 5.21. The molecule has 4 nitrogen and oxygen atoms in total. The first-order valence-electron chi connectivity index (χ1n) is 6.64. The van der Waals surface area contributed by atoms with Gasteiger partial charge in [0.15, 0.2) is 0 Å². The molecule has 0 bridgehead atoms. The summed E-state index contributed by atoms with van der Waals surface area (Å²) >= 11 is 0. The lowest BCUT2D eigenvalue weighted by molar-refractivity contribution is 0.0661. The van der Waals surface area contributed by atoms with Crippen LogP contribution in [0.5, 0.6) is 0 Å². The first kappa shape index (κ1) is 13.1. The number of hydrogen-bond acceptors (Lipinski definition) is 3. The number of nitrogens with one attached hydrogen (secondary N) is 1. The van der Waals surface area contributed by atoms with E-state index in [0.29, 0.717) is 18.3 Å². The SMILES string of the molecule is Cc1oc(C(=O)O)cc1CN[C@H](C)C1CCCC1. The van der Waals surface area contributed by atoms with Crippen molar-refractivity contribution in [3.63, 3.8) is 0 Å². The van der Waals surface area contributed by atoms with Gasteiger partial charge in [-0.1, -0.05) is 12.8 Å². The molecule has 0 saturated heterocycles. The van der Waals surface area contributed by atoms with Gasteiger partial charge in [-0.15, -0.1) is 0 Å². The lowest BCUT2D eigenvalue weighted by atomic mass is 9.99. The molecular formula is C14H21NO3. The van der Waals surface area contributed by atoms with E-state index < -0.39 is 5.97 Å². The Morgan fingerprint density at radius 1 is 1.56 bits per heavy atom. The van der Waals surface area contributed by atoms with E-state index in [-0.39, 0.29) is 5.76 Å². The molecule has 1 atom stereocenters. The first-order valence-corrected chi connectivity index (χ1v) is 6.64. The quantitative estimate of drug-likeness (QED) is 0.844. The van der Waals surface area contributed by atoms with Crippen LogP contribution in [0.15, 0.2) is 10.5 Å². The van der Waals surface area contributed by atoms with Crippen molar-refractivity contribution in [3.8, 4) is 0 Å².